The molecular weight excluding hydrogens is 258 g/mol. The van der Waals surface area contributed by atoms with Gasteiger partial charge >= 0.3 is 5.97 Å². The van der Waals surface area contributed by atoms with Gasteiger partial charge in [0.15, 0.2) is 0 Å². The molecule has 1 aliphatic carbocycles. The lowest BCUT2D eigenvalue weighted by atomic mass is 10.1. The van der Waals surface area contributed by atoms with Gasteiger partial charge in [0.1, 0.15) is 0 Å². The van der Waals surface area contributed by atoms with Crippen molar-refractivity contribution in [2.45, 2.75) is 32.7 Å². The van der Waals surface area contributed by atoms with Crippen LogP contribution in [0.25, 0.3) is 0 Å². The summed E-state index contributed by atoms with van der Waals surface area (Å²) in [6, 6.07) is 1.72. The van der Waals surface area contributed by atoms with Crippen LogP contribution in [-0.2, 0) is 4.79 Å². The molecule has 0 spiro atoms. The van der Waals surface area contributed by atoms with Gasteiger partial charge in [-0.2, -0.15) is 4.98 Å². The normalized spacial score (nSPS) is 20.9. The number of rotatable bonds is 6. The summed E-state index contributed by atoms with van der Waals surface area (Å²) in [4.78, 5) is 19.5. The predicted octanol–water partition coefficient (Wildman–Crippen LogP) is 2.02. The molecule has 0 radical (unpaired) electrons. The maximum Gasteiger partial charge on any atom is 0.310 e. The summed E-state index contributed by atoms with van der Waals surface area (Å²) in [5, 5.41) is 12.1. The monoisotopic (exact) mass is 277 g/mol. The molecule has 6 nitrogen and oxygen atoms in total. The van der Waals surface area contributed by atoms with Crippen molar-refractivity contribution in [3.8, 4) is 5.88 Å². The molecule has 0 amide bonds. The summed E-state index contributed by atoms with van der Waals surface area (Å²) in [5.41, 5.74) is 0.811. The molecule has 0 fully saturated rings. The Bertz CT molecular complexity index is 516. The molecule has 0 saturated heterocycles. The van der Waals surface area contributed by atoms with Gasteiger partial charge in [0.05, 0.1) is 12.5 Å². The van der Waals surface area contributed by atoms with Crippen LogP contribution in [0, 0.1) is 12.8 Å². The lowest BCUT2D eigenvalue weighted by molar-refractivity contribution is -0.140. The third kappa shape index (κ3) is 3.69. The maximum atomic E-state index is 10.9. The Morgan fingerprint density at radius 2 is 2.30 bits per heavy atom. The molecule has 1 aliphatic rings. The lowest BCUT2D eigenvalue weighted by Gasteiger charge is -2.13. The third-order valence-electron chi connectivity index (χ3n) is 3.00. The van der Waals surface area contributed by atoms with Crippen LogP contribution in [0.2, 0.25) is 0 Å². The number of aryl methyl sites for hydroxylation is 1. The summed E-state index contributed by atoms with van der Waals surface area (Å²) in [5.74, 6) is -0.230. The Kier molecular flexibility index (Phi) is 4.55. The van der Waals surface area contributed by atoms with E-state index in [-0.39, 0.29) is 6.04 Å². The van der Waals surface area contributed by atoms with Crippen LogP contribution >= 0.6 is 0 Å². The summed E-state index contributed by atoms with van der Waals surface area (Å²) in [7, 11) is 0. The number of anilines is 1. The quantitative estimate of drug-likeness (QED) is 0.774. The Balaban J connectivity index is 2.01. The summed E-state index contributed by atoms with van der Waals surface area (Å²) in [6.45, 7) is 4.51. The van der Waals surface area contributed by atoms with Crippen LogP contribution in [0.1, 0.15) is 25.5 Å². The number of aromatic nitrogens is 2. The third-order valence-corrected chi connectivity index (χ3v) is 3.00. The first-order valence-electron chi connectivity index (χ1n) is 6.74. The zero-order chi connectivity index (χ0) is 14.5. The fourth-order valence-corrected chi connectivity index (χ4v) is 2.04. The van der Waals surface area contributed by atoms with E-state index in [9.17, 15) is 4.79 Å². The van der Waals surface area contributed by atoms with Gasteiger partial charge in [0, 0.05) is 17.8 Å². The Hall–Kier alpha value is -2.11. The predicted molar refractivity (Wildman–Crippen MR) is 74.8 cm³/mol. The van der Waals surface area contributed by atoms with E-state index in [1.165, 1.54) is 0 Å². The van der Waals surface area contributed by atoms with E-state index in [0.29, 0.717) is 24.9 Å². The second-order valence-electron chi connectivity index (χ2n) is 4.84. The maximum absolute atomic E-state index is 10.9. The Morgan fingerprint density at radius 3 is 2.95 bits per heavy atom. The molecule has 2 N–H and O–H groups in total. The van der Waals surface area contributed by atoms with Crippen LogP contribution in [0.3, 0.4) is 0 Å². The number of carbonyl (C=O) groups is 1. The van der Waals surface area contributed by atoms with Crippen molar-refractivity contribution in [2.75, 3.05) is 11.9 Å². The largest absolute Gasteiger partial charge is 0.481 e. The minimum Gasteiger partial charge on any atom is -0.481 e. The highest BCUT2D eigenvalue weighted by atomic mass is 16.5. The van der Waals surface area contributed by atoms with E-state index in [2.05, 4.69) is 15.3 Å². The molecule has 0 aromatic carbocycles. The topological polar surface area (TPSA) is 84.3 Å². The van der Waals surface area contributed by atoms with Gasteiger partial charge in [0.2, 0.25) is 11.8 Å². The fraction of sp³-hybridized carbons (Fsp3) is 0.500. The van der Waals surface area contributed by atoms with Crippen LogP contribution in [-0.4, -0.2) is 33.7 Å². The second kappa shape index (κ2) is 6.36. The van der Waals surface area contributed by atoms with E-state index >= 15 is 0 Å². The Morgan fingerprint density at radius 1 is 1.50 bits per heavy atom. The highest BCUT2D eigenvalue weighted by Crippen LogP contribution is 2.21. The molecule has 0 saturated carbocycles. The van der Waals surface area contributed by atoms with E-state index in [1.54, 1.807) is 12.1 Å². The van der Waals surface area contributed by atoms with E-state index in [1.807, 2.05) is 19.9 Å². The van der Waals surface area contributed by atoms with Gasteiger partial charge in [0.25, 0.3) is 0 Å². The molecular formula is C14H19N3O3. The van der Waals surface area contributed by atoms with Gasteiger partial charge < -0.3 is 15.2 Å². The van der Waals surface area contributed by atoms with E-state index in [4.69, 9.17) is 9.84 Å². The van der Waals surface area contributed by atoms with E-state index < -0.39 is 11.9 Å². The number of hydrogen-bond acceptors (Lipinski definition) is 5. The molecule has 20 heavy (non-hydrogen) atoms. The fourth-order valence-electron chi connectivity index (χ4n) is 2.04. The average molecular weight is 277 g/mol. The van der Waals surface area contributed by atoms with Crippen LogP contribution in [0.15, 0.2) is 18.2 Å². The smallest absolute Gasteiger partial charge is 0.310 e. The average Bonchev–Trinajstić information content (AvgIpc) is 2.84. The number of ether oxygens (including phenoxy) is 1. The van der Waals surface area contributed by atoms with Crippen LogP contribution in [0.4, 0.5) is 5.95 Å². The SMILES string of the molecule is CCCOc1cc(C)nc(NC2C=CC(C(=O)O)C2)n1. The number of carboxylic acids is 1. The first-order chi connectivity index (χ1) is 9.58. The number of nitrogens with zero attached hydrogens (tertiary/aromatic N) is 2. The minimum absolute atomic E-state index is 0.0584. The first kappa shape index (κ1) is 14.3. The summed E-state index contributed by atoms with van der Waals surface area (Å²) < 4.78 is 5.50. The van der Waals surface area contributed by atoms with Gasteiger partial charge in [-0.15, -0.1) is 0 Å². The zero-order valence-electron chi connectivity index (χ0n) is 11.7. The van der Waals surface area contributed by atoms with Gasteiger partial charge in [-0.25, -0.2) is 4.98 Å². The first-order valence-corrected chi connectivity index (χ1v) is 6.74. The number of aliphatic carboxylic acids is 1. The van der Waals surface area contributed by atoms with Crippen molar-refractivity contribution in [3.05, 3.63) is 23.9 Å². The highest BCUT2D eigenvalue weighted by molar-refractivity contribution is 5.73. The molecule has 6 heteroatoms. The van der Waals surface area contributed by atoms with Crippen molar-refractivity contribution < 1.29 is 14.6 Å². The van der Waals surface area contributed by atoms with Crippen molar-refractivity contribution in [1.82, 2.24) is 9.97 Å². The zero-order valence-corrected chi connectivity index (χ0v) is 11.7. The van der Waals surface area contributed by atoms with Crippen LogP contribution < -0.4 is 10.1 Å². The molecule has 2 atom stereocenters. The number of carboxylic acid groups (broad SMARTS) is 1. The summed E-state index contributed by atoms with van der Waals surface area (Å²) >= 11 is 0. The molecule has 2 unspecified atom stereocenters. The molecule has 0 aliphatic heterocycles. The van der Waals surface area contributed by atoms with Crippen molar-refractivity contribution in [2.24, 2.45) is 5.92 Å². The molecule has 2 rings (SSSR count). The minimum atomic E-state index is -0.803. The second-order valence-corrected chi connectivity index (χ2v) is 4.84. The Labute approximate surface area is 117 Å². The highest BCUT2D eigenvalue weighted by Gasteiger charge is 2.24. The van der Waals surface area contributed by atoms with Crippen molar-refractivity contribution in [1.29, 1.82) is 0 Å². The van der Waals surface area contributed by atoms with Gasteiger partial charge in [-0.1, -0.05) is 19.1 Å². The van der Waals surface area contributed by atoms with Gasteiger partial charge in [-0.05, 0) is 19.8 Å². The van der Waals surface area contributed by atoms with Crippen LogP contribution in [0.5, 0.6) is 5.88 Å². The van der Waals surface area contributed by atoms with Crippen molar-refractivity contribution in [3.63, 3.8) is 0 Å². The molecule has 0 bridgehead atoms. The molecule has 1 aromatic rings. The van der Waals surface area contributed by atoms with E-state index in [0.717, 1.165) is 12.1 Å². The standard InChI is InChI=1S/C14H19N3O3/c1-3-6-20-12-7-9(2)15-14(17-12)16-11-5-4-10(8-11)13(18)19/h4-5,7,10-11H,3,6,8H2,1-2H3,(H,18,19)(H,15,16,17). The molecule has 1 aromatic heterocycles. The summed E-state index contributed by atoms with van der Waals surface area (Å²) in [6.07, 6.45) is 4.97. The lowest BCUT2D eigenvalue weighted by Crippen LogP contribution is -2.20. The molecule has 108 valence electrons. The molecule has 1 heterocycles. The van der Waals surface area contributed by atoms with Crippen molar-refractivity contribution >= 4 is 11.9 Å². The van der Waals surface area contributed by atoms with Gasteiger partial charge in [-0.3, -0.25) is 4.79 Å². The number of hydrogen-bond donors (Lipinski definition) is 2. The number of nitrogens with one attached hydrogen (secondary N) is 1.